The Bertz CT molecular complexity index is 1040. The number of amides is 1. The zero-order valence-corrected chi connectivity index (χ0v) is 18.5. The number of hydrogen-bond acceptors (Lipinski definition) is 4. The second kappa shape index (κ2) is 8.95. The van der Waals surface area contributed by atoms with E-state index >= 15 is 0 Å². The molecule has 3 heterocycles. The van der Waals surface area contributed by atoms with Crippen LogP contribution in [0, 0.1) is 17.7 Å². The van der Waals surface area contributed by atoms with Crippen molar-refractivity contribution in [1.82, 2.24) is 9.88 Å². The summed E-state index contributed by atoms with van der Waals surface area (Å²) < 4.78 is 14.8. The SMILES string of the molecule is O=C(C1CCN(c2nc3c(F)cccc3s2)CC1)N1CCC(Cc2ccccc2)CC1. The first-order valence-electron chi connectivity index (χ1n) is 11.3. The molecule has 4 nitrogen and oxygen atoms in total. The summed E-state index contributed by atoms with van der Waals surface area (Å²) in [6.07, 6.45) is 5.00. The summed E-state index contributed by atoms with van der Waals surface area (Å²) in [5.41, 5.74) is 1.86. The molecule has 0 unspecified atom stereocenters. The minimum Gasteiger partial charge on any atom is -0.348 e. The summed E-state index contributed by atoms with van der Waals surface area (Å²) in [7, 11) is 0. The van der Waals surface area contributed by atoms with Crippen molar-refractivity contribution in [3.8, 4) is 0 Å². The number of aromatic nitrogens is 1. The predicted octanol–water partition coefficient (Wildman–Crippen LogP) is 5.13. The number of para-hydroxylation sites is 1. The van der Waals surface area contributed by atoms with E-state index in [1.54, 1.807) is 6.07 Å². The molecule has 0 N–H and O–H groups in total. The lowest BCUT2D eigenvalue weighted by Gasteiger charge is -2.37. The molecule has 2 aliphatic heterocycles. The molecule has 3 aromatic rings. The van der Waals surface area contributed by atoms with Gasteiger partial charge in [-0.25, -0.2) is 9.37 Å². The van der Waals surface area contributed by atoms with Gasteiger partial charge in [0.05, 0.1) is 4.70 Å². The molecule has 0 aliphatic carbocycles. The molecule has 0 radical (unpaired) electrons. The smallest absolute Gasteiger partial charge is 0.225 e. The Balaban J connectivity index is 1.13. The van der Waals surface area contributed by atoms with Gasteiger partial charge in [0.1, 0.15) is 11.3 Å². The minimum atomic E-state index is -0.263. The van der Waals surface area contributed by atoms with Gasteiger partial charge in [-0.15, -0.1) is 0 Å². The number of nitrogens with zero attached hydrogens (tertiary/aromatic N) is 3. The van der Waals surface area contributed by atoms with E-state index < -0.39 is 0 Å². The summed E-state index contributed by atoms with van der Waals surface area (Å²) in [5.74, 6) is 0.842. The van der Waals surface area contributed by atoms with E-state index in [4.69, 9.17) is 0 Å². The van der Waals surface area contributed by atoms with Gasteiger partial charge in [-0.2, -0.15) is 0 Å². The van der Waals surface area contributed by atoms with Crippen LogP contribution in [0.4, 0.5) is 9.52 Å². The molecule has 1 amide bonds. The fourth-order valence-corrected chi connectivity index (χ4v) is 5.95. The third kappa shape index (κ3) is 4.45. The number of anilines is 1. The van der Waals surface area contributed by atoms with Crippen LogP contribution < -0.4 is 4.90 Å². The lowest BCUT2D eigenvalue weighted by atomic mass is 9.88. The van der Waals surface area contributed by atoms with E-state index in [-0.39, 0.29) is 11.7 Å². The number of hydrogen-bond donors (Lipinski definition) is 0. The van der Waals surface area contributed by atoms with Gasteiger partial charge < -0.3 is 9.80 Å². The molecule has 1 aromatic heterocycles. The van der Waals surface area contributed by atoms with Crippen LogP contribution in [0.15, 0.2) is 48.5 Å². The van der Waals surface area contributed by atoms with Crippen LogP contribution in [-0.4, -0.2) is 42.0 Å². The number of carbonyl (C=O) groups is 1. The van der Waals surface area contributed by atoms with E-state index in [9.17, 15) is 9.18 Å². The average molecular weight is 438 g/mol. The van der Waals surface area contributed by atoms with Crippen molar-refractivity contribution in [2.45, 2.75) is 32.1 Å². The lowest BCUT2D eigenvalue weighted by Crippen LogP contribution is -2.45. The zero-order chi connectivity index (χ0) is 21.2. The van der Waals surface area contributed by atoms with Gasteiger partial charge in [-0.05, 0) is 55.7 Å². The Kier molecular flexibility index (Phi) is 5.90. The largest absolute Gasteiger partial charge is 0.348 e. The van der Waals surface area contributed by atoms with Crippen LogP contribution in [0.5, 0.6) is 0 Å². The van der Waals surface area contributed by atoms with Gasteiger partial charge >= 0.3 is 0 Å². The van der Waals surface area contributed by atoms with Crippen molar-refractivity contribution >= 4 is 32.6 Å². The first-order chi connectivity index (χ1) is 15.2. The molecular weight excluding hydrogens is 409 g/mol. The maximum absolute atomic E-state index is 14.0. The molecule has 31 heavy (non-hydrogen) atoms. The van der Waals surface area contributed by atoms with Crippen LogP contribution in [0.1, 0.15) is 31.2 Å². The number of thiazole rings is 1. The molecule has 0 saturated carbocycles. The highest BCUT2D eigenvalue weighted by molar-refractivity contribution is 7.22. The van der Waals surface area contributed by atoms with E-state index in [0.29, 0.717) is 17.3 Å². The number of carbonyl (C=O) groups excluding carboxylic acids is 1. The van der Waals surface area contributed by atoms with Gasteiger partial charge in [0.25, 0.3) is 0 Å². The molecular formula is C25H28FN3OS. The molecule has 0 atom stereocenters. The first-order valence-corrected chi connectivity index (χ1v) is 12.1. The summed E-state index contributed by atoms with van der Waals surface area (Å²) in [4.78, 5) is 21.9. The molecule has 5 rings (SSSR count). The molecule has 0 bridgehead atoms. The van der Waals surface area contributed by atoms with E-state index in [1.165, 1.54) is 23.0 Å². The van der Waals surface area contributed by atoms with Crippen LogP contribution in [0.2, 0.25) is 0 Å². The predicted molar refractivity (Wildman–Crippen MR) is 124 cm³/mol. The monoisotopic (exact) mass is 437 g/mol. The number of rotatable bonds is 4. The number of likely N-dealkylation sites (tertiary alicyclic amines) is 1. The molecule has 2 aliphatic rings. The van der Waals surface area contributed by atoms with Crippen molar-refractivity contribution in [3.05, 3.63) is 59.9 Å². The Morgan fingerprint density at radius 2 is 1.71 bits per heavy atom. The molecule has 2 aromatic carbocycles. The Morgan fingerprint density at radius 1 is 0.968 bits per heavy atom. The molecule has 6 heteroatoms. The topological polar surface area (TPSA) is 36.4 Å². The van der Waals surface area contributed by atoms with Crippen LogP contribution in [-0.2, 0) is 11.2 Å². The summed E-state index contributed by atoms with van der Waals surface area (Å²) in [6.45, 7) is 3.38. The molecule has 162 valence electrons. The highest BCUT2D eigenvalue weighted by Gasteiger charge is 2.31. The number of halogens is 1. The normalized spacial score (nSPS) is 18.6. The van der Waals surface area contributed by atoms with Crippen molar-refractivity contribution < 1.29 is 9.18 Å². The summed E-state index contributed by atoms with van der Waals surface area (Å²) in [6, 6.07) is 15.8. The van der Waals surface area contributed by atoms with Crippen molar-refractivity contribution in [3.63, 3.8) is 0 Å². The second-order valence-corrected chi connectivity index (χ2v) is 9.81. The molecule has 0 spiro atoms. The van der Waals surface area contributed by atoms with E-state index in [0.717, 1.165) is 68.1 Å². The Labute approximate surface area is 186 Å². The average Bonchev–Trinajstić information content (AvgIpc) is 3.26. The van der Waals surface area contributed by atoms with Gasteiger partial charge in [-0.3, -0.25) is 4.79 Å². The third-order valence-corrected chi connectivity index (χ3v) is 7.85. The number of fused-ring (bicyclic) bond motifs is 1. The van der Waals surface area contributed by atoms with Crippen LogP contribution in [0.3, 0.4) is 0 Å². The fourth-order valence-electron chi connectivity index (χ4n) is 4.92. The maximum Gasteiger partial charge on any atom is 0.225 e. The molecule has 2 fully saturated rings. The highest BCUT2D eigenvalue weighted by atomic mass is 32.1. The first kappa shape index (κ1) is 20.4. The third-order valence-electron chi connectivity index (χ3n) is 6.77. The Morgan fingerprint density at radius 3 is 2.42 bits per heavy atom. The van der Waals surface area contributed by atoms with Crippen molar-refractivity contribution in [2.24, 2.45) is 11.8 Å². The number of benzene rings is 2. The lowest BCUT2D eigenvalue weighted by molar-refractivity contribution is -0.137. The van der Waals surface area contributed by atoms with E-state index in [2.05, 4.69) is 45.1 Å². The Hall–Kier alpha value is -2.47. The number of piperidine rings is 2. The summed E-state index contributed by atoms with van der Waals surface area (Å²) >= 11 is 1.54. The standard InChI is InChI=1S/C25H28FN3OS/c26-21-7-4-8-22-23(21)27-25(31-22)29-15-11-20(12-16-29)24(30)28-13-9-19(10-14-28)17-18-5-2-1-3-6-18/h1-8,19-20H,9-17H2. The zero-order valence-electron chi connectivity index (χ0n) is 17.7. The fraction of sp³-hybridized carbons (Fsp3) is 0.440. The maximum atomic E-state index is 14.0. The minimum absolute atomic E-state index is 0.105. The molecule has 2 saturated heterocycles. The van der Waals surface area contributed by atoms with Crippen molar-refractivity contribution in [1.29, 1.82) is 0 Å². The summed E-state index contributed by atoms with van der Waals surface area (Å²) in [5, 5.41) is 0.868. The van der Waals surface area contributed by atoms with Crippen LogP contribution >= 0.6 is 11.3 Å². The van der Waals surface area contributed by atoms with E-state index in [1.807, 2.05) is 6.07 Å². The van der Waals surface area contributed by atoms with Crippen LogP contribution in [0.25, 0.3) is 10.2 Å². The van der Waals surface area contributed by atoms with Gasteiger partial charge in [0.2, 0.25) is 5.91 Å². The second-order valence-electron chi connectivity index (χ2n) is 8.80. The highest BCUT2D eigenvalue weighted by Crippen LogP contribution is 2.33. The quantitative estimate of drug-likeness (QED) is 0.568. The van der Waals surface area contributed by atoms with Crippen molar-refractivity contribution in [2.75, 3.05) is 31.1 Å². The van der Waals surface area contributed by atoms with Gasteiger partial charge in [0.15, 0.2) is 5.13 Å². The van der Waals surface area contributed by atoms with Gasteiger partial charge in [-0.1, -0.05) is 47.7 Å². The van der Waals surface area contributed by atoms with Gasteiger partial charge in [0, 0.05) is 32.1 Å².